The van der Waals surface area contributed by atoms with E-state index in [1.165, 1.54) is 19.9 Å². The van der Waals surface area contributed by atoms with Gasteiger partial charge in [0.15, 0.2) is 0 Å². The quantitative estimate of drug-likeness (QED) is 0.595. The van der Waals surface area contributed by atoms with Crippen molar-refractivity contribution in [3.63, 3.8) is 0 Å². The van der Waals surface area contributed by atoms with E-state index < -0.39 is 5.95 Å². The maximum absolute atomic E-state index is 14.6. The Balaban J connectivity index is 1.09. The highest BCUT2D eigenvalue weighted by Crippen LogP contribution is 2.55. The molecule has 2 bridgehead atoms. The normalized spacial score (nSPS) is 27.4. The minimum absolute atomic E-state index is 0.0470. The molecule has 9 nitrogen and oxygen atoms in total. The minimum Gasteiger partial charge on any atom is -0.365 e. The molecule has 0 radical (unpaired) electrons. The molecular weight excluding hydrogens is 473 g/mol. The topological polar surface area (TPSA) is 97.5 Å². The summed E-state index contributed by atoms with van der Waals surface area (Å²) in [5.41, 5.74) is 1.43. The third-order valence-corrected chi connectivity index (χ3v) is 9.14. The molecule has 0 aromatic carbocycles. The zero-order valence-corrected chi connectivity index (χ0v) is 21.7. The maximum atomic E-state index is 14.6. The third kappa shape index (κ3) is 4.49. The highest BCUT2D eigenvalue weighted by molar-refractivity contribution is 5.92. The van der Waals surface area contributed by atoms with E-state index in [0.29, 0.717) is 23.4 Å². The van der Waals surface area contributed by atoms with Crippen molar-refractivity contribution in [2.75, 3.05) is 63.2 Å². The number of piperazine rings is 1. The lowest BCUT2D eigenvalue weighted by Gasteiger charge is -2.52. The number of nitrogens with one attached hydrogen (secondary N) is 2. The number of anilines is 2. The lowest BCUT2D eigenvalue weighted by atomic mass is 9.55. The van der Waals surface area contributed by atoms with Gasteiger partial charge >= 0.3 is 0 Å². The van der Waals surface area contributed by atoms with Crippen LogP contribution in [0.2, 0.25) is 0 Å². The summed E-state index contributed by atoms with van der Waals surface area (Å²) in [5, 5.41) is 2.48. The Hall–Kier alpha value is -3.01. The largest absolute Gasteiger partial charge is 0.365 e. The first-order valence-corrected chi connectivity index (χ1v) is 13.6. The molecule has 3 aliphatic carbocycles. The van der Waals surface area contributed by atoms with Gasteiger partial charge in [-0.25, -0.2) is 9.97 Å². The molecule has 7 rings (SSSR count). The number of rotatable bonds is 5. The summed E-state index contributed by atoms with van der Waals surface area (Å²) in [5.74, 6) is 3.08. The van der Waals surface area contributed by atoms with Crippen molar-refractivity contribution in [1.29, 1.82) is 0 Å². The van der Waals surface area contributed by atoms with Crippen molar-refractivity contribution >= 4 is 17.4 Å². The number of H-pyrrole nitrogens is 1. The van der Waals surface area contributed by atoms with E-state index in [1.807, 2.05) is 11.9 Å². The molecule has 5 aliphatic rings. The Morgan fingerprint density at radius 2 is 1.89 bits per heavy atom. The summed E-state index contributed by atoms with van der Waals surface area (Å²) in [6.45, 7) is 5.18. The number of hydrogen-bond acceptors (Lipinski definition) is 7. The van der Waals surface area contributed by atoms with Crippen LogP contribution in [0.5, 0.6) is 0 Å². The number of pyridine rings is 1. The van der Waals surface area contributed by atoms with Gasteiger partial charge in [-0.05, 0) is 62.0 Å². The second kappa shape index (κ2) is 9.70. The van der Waals surface area contributed by atoms with Crippen LogP contribution in [0.3, 0.4) is 0 Å². The summed E-state index contributed by atoms with van der Waals surface area (Å²) in [4.78, 5) is 43.2. The second-order valence-electron chi connectivity index (χ2n) is 11.2. The van der Waals surface area contributed by atoms with Gasteiger partial charge in [0.25, 0.3) is 11.5 Å². The lowest BCUT2D eigenvalue weighted by molar-refractivity contribution is 0.00532. The monoisotopic (exact) mass is 509 g/mol. The SMILES string of the molecule is CNC(=O)c1ccc(N2CCN(CC3CC(c4nc5c(c(=O)[nH]4)CCCN5C)C4CC3C4)CC2)c(F)n1. The number of hydrogen-bond donors (Lipinski definition) is 2. The van der Waals surface area contributed by atoms with Gasteiger partial charge in [0, 0.05) is 59.3 Å². The van der Waals surface area contributed by atoms with Crippen molar-refractivity contribution in [3.05, 3.63) is 45.5 Å². The number of aromatic amines is 1. The average molecular weight is 510 g/mol. The molecule has 2 N–H and O–H groups in total. The van der Waals surface area contributed by atoms with Crippen LogP contribution in [-0.2, 0) is 6.42 Å². The second-order valence-corrected chi connectivity index (χ2v) is 11.2. The molecular formula is C27H36FN7O2. The van der Waals surface area contributed by atoms with Gasteiger partial charge in [-0.3, -0.25) is 14.5 Å². The van der Waals surface area contributed by atoms with Crippen LogP contribution in [-0.4, -0.2) is 79.1 Å². The fraction of sp³-hybridized carbons (Fsp3) is 0.630. The zero-order chi connectivity index (χ0) is 25.7. The van der Waals surface area contributed by atoms with Gasteiger partial charge in [0.05, 0.1) is 11.3 Å². The fourth-order valence-corrected chi connectivity index (χ4v) is 6.93. The number of halogens is 1. The molecule has 2 atom stereocenters. The van der Waals surface area contributed by atoms with E-state index in [0.717, 1.165) is 81.7 Å². The van der Waals surface area contributed by atoms with Gasteiger partial charge in [-0.1, -0.05) is 0 Å². The van der Waals surface area contributed by atoms with Crippen LogP contribution in [0, 0.1) is 23.7 Å². The van der Waals surface area contributed by atoms with Gasteiger partial charge in [-0.15, -0.1) is 0 Å². The fourth-order valence-electron chi connectivity index (χ4n) is 6.93. The van der Waals surface area contributed by atoms with E-state index in [4.69, 9.17) is 4.98 Å². The molecule has 0 spiro atoms. The minimum atomic E-state index is -0.595. The lowest BCUT2D eigenvalue weighted by Crippen LogP contribution is -2.51. The van der Waals surface area contributed by atoms with Gasteiger partial charge in [-0.2, -0.15) is 4.39 Å². The molecule has 3 saturated carbocycles. The number of fused-ring (bicyclic) bond motifs is 3. The van der Waals surface area contributed by atoms with Crippen LogP contribution in [0.25, 0.3) is 0 Å². The standard InChI is InChI=1S/C27H36FN7O2/c1-29-27(37)21-5-6-22(23(28)30-21)35-10-8-34(9-11-35)15-18-14-20(17-12-16(18)13-17)24-31-25-19(26(36)32-24)4-3-7-33(25)2/h5-6,16-18,20H,3-4,7-15H2,1-2H3,(H,29,37)(H,31,32,36). The van der Waals surface area contributed by atoms with Gasteiger partial charge < -0.3 is 20.1 Å². The van der Waals surface area contributed by atoms with E-state index in [9.17, 15) is 14.0 Å². The van der Waals surface area contributed by atoms with Crippen LogP contribution in [0.4, 0.5) is 15.9 Å². The summed E-state index contributed by atoms with van der Waals surface area (Å²) < 4.78 is 14.6. The Labute approximate surface area is 216 Å². The van der Waals surface area contributed by atoms with Crippen molar-refractivity contribution in [1.82, 2.24) is 25.2 Å². The molecule has 1 amide bonds. The summed E-state index contributed by atoms with van der Waals surface area (Å²) >= 11 is 0. The summed E-state index contributed by atoms with van der Waals surface area (Å²) in [6, 6.07) is 3.24. The molecule has 1 saturated heterocycles. The molecule has 4 fully saturated rings. The van der Waals surface area contributed by atoms with Crippen LogP contribution < -0.4 is 20.7 Å². The third-order valence-electron chi connectivity index (χ3n) is 9.14. The van der Waals surface area contributed by atoms with E-state index in [-0.39, 0.29) is 17.2 Å². The molecule has 2 unspecified atom stereocenters. The molecule has 37 heavy (non-hydrogen) atoms. The maximum Gasteiger partial charge on any atom is 0.269 e. The van der Waals surface area contributed by atoms with Crippen molar-refractivity contribution < 1.29 is 9.18 Å². The van der Waals surface area contributed by atoms with Crippen molar-refractivity contribution in [2.24, 2.45) is 17.8 Å². The average Bonchev–Trinajstić information content (AvgIpc) is 2.88. The van der Waals surface area contributed by atoms with Crippen LogP contribution in [0.1, 0.15) is 53.5 Å². The number of nitrogens with zero attached hydrogens (tertiary/aromatic N) is 5. The Morgan fingerprint density at radius 1 is 1.11 bits per heavy atom. The molecule has 4 heterocycles. The Bertz CT molecular complexity index is 1240. The number of carbonyl (C=O) groups excluding carboxylic acids is 1. The molecule has 2 aliphatic heterocycles. The highest BCUT2D eigenvalue weighted by Gasteiger charge is 2.47. The molecule has 10 heteroatoms. The predicted molar refractivity (Wildman–Crippen MR) is 140 cm³/mol. The van der Waals surface area contributed by atoms with Crippen molar-refractivity contribution in [3.8, 4) is 0 Å². The van der Waals surface area contributed by atoms with Gasteiger partial charge in [0.1, 0.15) is 17.3 Å². The number of aromatic nitrogens is 3. The van der Waals surface area contributed by atoms with E-state index in [1.54, 1.807) is 12.1 Å². The van der Waals surface area contributed by atoms with Crippen LogP contribution in [0.15, 0.2) is 16.9 Å². The zero-order valence-electron chi connectivity index (χ0n) is 21.7. The molecule has 2 aromatic heterocycles. The highest BCUT2D eigenvalue weighted by atomic mass is 19.1. The summed E-state index contributed by atoms with van der Waals surface area (Å²) in [7, 11) is 3.55. The molecule has 198 valence electrons. The van der Waals surface area contributed by atoms with Crippen molar-refractivity contribution in [2.45, 2.75) is 38.0 Å². The Kier molecular flexibility index (Phi) is 6.38. The smallest absolute Gasteiger partial charge is 0.269 e. The van der Waals surface area contributed by atoms with Crippen LogP contribution >= 0.6 is 0 Å². The molecule has 2 aromatic rings. The first-order chi connectivity index (χ1) is 17.9. The number of amides is 1. The predicted octanol–water partition coefficient (Wildman–Crippen LogP) is 2.00. The van der Waals surface area contributed by atoms with Gasteiger partial charge in [0.2, 0.25) is 5.95 Å². The van der Waals surface area contributed by atoms with E-state index in [2.05, 4.69) is 25.1 Å². The first kappa shape index (κ1) is 24.3. The first-order valence-electron chi connectivity index (χ1n) is 13.6. The Morgan fingerprint density at radius 3 is 2.62 bits per heavy atom. The van der Waals surface area contributed by atoms with E-state index >= 15 is 0 Å². The number of carbonyl (C=O) groups is 1. The summed E-state index contributed by atoms with van der Waals surface area (Å²) in [6.07, 6.45) is 5.33.